The Morgan fingerprint density at radius 1 is 2.10 bits per heavy atom. The number of hydrogen-bond acceptors (Lipinski definition) is 3. The van der Waals surface area contributed by atoms with Crippen molar-refractivity contribution in [3.63, 3.8) is 0 Å². The van der Waals surface area contributed by atoms with E-state index >= 15 is 0 Å². The molecule has 56 valence electrons. The lowest BCUT2D eigenvalue weighted by Gasteiger charge is -2.10. The van der Waals surface area contributed by atoms with Gasteiger partial charge in [-0.3, -0.25) is 0 Å². The van der Waals surface area contributed by atoms with Gasteiger partial charge in [-0.05, 0) is 22.8 Å². The predicted octanol–water partition coefficient (Wildman–Crippen LogP) is 2.36. The smallest absolute Gasteiger partial charge is 0.186 e. The highest BCUT2D eigenvalue weighted by Gasteiger charge is 2.01. The fourth-order valence-corrected chi connectivity index (χ4v) is 1.52. The molecule has 0 N–H and O–H groups in total. The van der Waals surface area contributed by atoms with Crippen LogP contribution >= 0.6 is 27.3 Å². The summed E-state index contributed by atoms with van der Waals surface area (Å²) in [4.78, 5) is 3.98. The zero-order valence-corrected chi connectivity index (χ0v) is 7.16. The van der Waals surface area contributed by atoms with Crippen LogP contribution in [0.3, 0.4) is 0 Å². The Bertz CT molecular complexity index is 424. The van der Waals surface area contributed by atoms with Gasteiger partial charge in [0.05, 0.1) is 0 Å². The van der Waals surface area contributed by atoms with E-state index in [0.717, 1.165) is 11.3 Å². The first-order valence-corrected chi connectivity index (χ1v) is 3.96. The third-order valence-corrected chi connectivity index (χ3v) is 2.30. The molecule has 0 aliphatic rings. The summed E-state index contributed by atoms with van der Waals surface area (Å²) < 4.78 is 58.7. The number of thiazole rings is 1. The first kappa shape index (κ1) is 2.45. The van der Waals surface area contributed by atoms with Crippen LogP contribution < -0.4 is 4.90 Å². The highest BCUT2D eigenvalue weighted by atomic mass is 79.9. The second-order valence-electron chi connectivity index (χ2n) is 1.40. The van der Waals surface area contributed by atoms with Crippen molar-refractivity contribution in [2.45, 2.75) is 6.85 Å². The molecule has 0 aromatic carbocycles. The van der Waals surface area contributed by atoms with E-state index < -0.39 is 20.3 Å². The molecule has 0 aliphatic carbocycles. The molecule has 4 heteroatoms. The van der Waals surface area contributed by atoms with Crippen LogP contribution in [0.15, 0.2) is 9.98 Å². The van der Waals surface area contributed by atoms with E-state index in [1.807, 2.05) is 0 Å². The summed E-state index contributed by atoms with van der Waals surface area (Å²) in [5, 5.41) is 1.23. The summed E-state index contributed by atoms with van der Waals surface area (Å²) >= 11 is 3.86. The van der Waals surface area contributed by atoms with E-state index in [2.05, 4.69) is 20.9 Å². The zero-order valence-electron chi connectivity index (χ0n) is 12.8. The maximum Gasteiger partial charge on any atom is 0.186 e. The fourth-order valence-electron chi connectivity index (χ4n) is 0.396. The molecular formula is C6H9BrN2S. The Balaban J connectivity index is 3.32. The molecule has 0 unspecified atom stereocenters. The number of rotatable bonds is 2. The van der Waals surface area contributed by atoms with Crippen molar-refractivity contribution in [2.24, 2.45) is 0 Å². The van der Waals surface area contributed by atoms with Crippen LogP contribution in [0.25, 0.3) is 0 Å². The summed E-state index contributed by atoms with van der Waals surface area (Å²) in [6.45, 7) is -9.11. The Morgan fingerprint density at radius 3 is 3.50 bits per heavy atom. The number of nitrogens with zero attached hydrogens (tertiary/aromatic N) is 2. The van der Waals surface area contributed by atoms with Crippen LogP contribution in [0, 0.1) is 0 Å². The summed E-state index contributed by atoms with van der Waals surface area (Å²) in [6.07, 6.45) is 0. The fraction of sp³-hybridized carbons (Fsp3) is 0.500. The first-order valence-electron chi connectivity index (χ1n) is 6.29. The third-order valence-electron chi connectivity index (χ3n) is 0.767. The molecule has 10 heavy (non-hydrogen) atoms. The summed E-state index contributed by atoms with van der Waals surface area (Å²) in [5.74, 6) is 0. The minimum Gasteiger partial charge on any atom is -0.351 e. The van der Waals surface area contributed by atoms with Crippen molar-refractivity contribution < 1.29 is 11.0 Å². The van der Waals surface area contributed by atoms with Gasteiger partial charge in [0.2, 0.25) is 0 Å². The van der Waals surface area contributed by atoms with Gasteiger partial charge in [0.15, 0.2) is 5.13 Å². The summed E-state index contributed by atoms with van der Waals surface area (Å²) in [7, 11) is 0. The molecule has 0 saturated carbocycles. The van der Waals surface area contributed by atoms with Gasteiger partial charge in [0.25, 0.3) is 0 Å². The topological polar surface area (TPSA) is 16.1 Å². The summed E-state index contributed by atoms with van der Waals surface area (Å²) in [5.41, 5.74) is 0. The monoisotopic (exact) mass is 228 g/mol. The van der Waals surface area contributed by atoms with Crippen LogP contribution in [0.4, 0.5) is 5.13 Å². The minimum atomic E-state index is -3.11. The van der Waals surface area contributed by atoms with Gasteiger partial charge in [-0.25, -0.2) is 4.98 Å². The summed E-state index contributed by atoms with van der Waals surface area (Å²) in [6, 6.07) is 0. The Hall–Kier alpha value is -0.0900. The van der Waals surface area contributed by atoms with Crippen molar-refractivity contribution in [3.05, 3.63) is 9.98 Å². The first-order chi connectivity index (χ1) is 7.87. The molecule has 0 atom stereocenters. The van der Waals surface area contributed by atoms with E-state index in [9.17, 15) is 0 Å². The van der Waals surface area contributed by atoms with Crippen LogP contribution in [-0.2, 0) is 0 Å². The molecule has 0 saturated heterocycles. The average Bonchev–Trinajstić information content (AvgIpc) is 2.46. The molecular weight excluding hydrogens is 212 g/mol. The van der Waals surface area contributed by atoms with Crippen LogP contribution in [0.5, 0.6) is 0 Å². The largest absolute Gasteiger partial charge is 0.351 e. The lowest BCUT2D eigenvalue weighted by Crippen LogP contribution is -2.15. The van der Waals surface area contributed by atoms with Crippen molar-refractivity contribution in [1.29, 1.82) is 0 Å². The molecule has 0 fully saturated rings. The molecule has 0 aliphatic heterocycles. The number of halogens is 1. The van der Waals surface area contributed by atoms with Crippen molar-refractivity contribution in [2.75, 3.05) is 18.4 Å². The quantitative estimate of drug-likeness (QED) is 0.773. The van der Waals surface area contributed by atoms with Gasteiger partial charge in [-0.2, -0.15) is 0 Å². The Morgan fingerprint density at radius 2 is 3.00 bits per heavy atom. The van der Waals surface area contributed by atoms with Gasteiger partial charge < -0.3 is 4.90 Å². The second kappa shape index (κ2) is 3.34. The maximum absolute atomic E-state index is 7.56. The molecule has 1 heterocycles. The van der Waals surface area contributed by atoms with Gasteiger partial charge in [-0.15, -0.1) is 11.3 Å². The molecule has 1 aromatic rings. The number of aromatic nitrogens is 1. The van der Waals surface area contributed by atoms with Crippen LogP contribution in [0.2, 0.25) is 0 Å². The highest BCUT2D eigenvalue weighted by Crippen LogP contribution is 2.21. The van der Waals surface area contributed by atoms with Crippen molar-refractivity contribution in [3.8, 4) is 0 Å². The third kappa shape index (κ3) is 1.70. The second-order valence-corrected chi connectivity index (χ2v) is 3.05. The van der Waals surface area contributed by atoms with E-state index in [4.69, 9.17) is 11.0 Å². The highest BCUT2D eigenvalue weighted by molar-refractivity contribution is 9.10. The van der Waals surface area contributed by atoms with Gasteiger partial charge in [-0.1, -0.05) is 0 Å². The van der Waals surface area contributed by atoms with E-state index in [1.165, 1.54) is 5.38 Å². The SMILES string of the molecule is [2H]C([2H])([2H])N(c1nc(Br)cs1)C([2H])([2H])C([2H])([2H])[2H]. The normalized spacial score (nSPS) is 25.7. The molecule has 1 rings (SSSR count). The molecule has 0 bridgehead atoms. The number of hydrogen-bond donors (Lipinski definition) is 0. The predicted molar refractivity (Wildman–Crippen MR) is 48.8 cm³/mol. The van der Waals surface area contributed by atoms with Crippen molar-refractivity contribution in [1.82, 2.24) is 4.98 Å². The van der Waals surface area contributed by atoms with E-state index in [0.29, 0.717) is 4.60 Å². The Labute approximate surface area is 84.3 Å². The van der Waals surface area contributed by atoms with Gasteiger partial charge in [0, 0.05) is 29.8 Å². The zero-order chi connectivity index (χ0) is 14.4. The van der Waals surface area contributed by atoms with Crippen LogP contribution in [-0.4, -0.2) is 18.5 Å². The van der Waals surface area contributed by atoms with Crippen LogP contribution in [0.1, 0.15) is 17.8 Å². The molecule has 2 nitrogen and oxygen atoms in total. The lowest BCUT2D eigenvalue weighted by molar-refractivity contribution is 0.955. The molecule has 0 radical (unpaired) electrons. The van der Waals surface area contributed by atoms with Gasteiger partial charge >= 0.3 is 0 Å². The van der Waals surface area contributed by atoms with E-state index in [1.54, 1.807) is 0 Å². The number of anilines is 1. The maximum atomic E-state index is 7.56. The Kier molecular flexibility index (Phi) is 0.820. The minimum absolute atomic E-state index is 0.211. The standard InChI is InChI=1S/C6H9BrN2S/c1-3-9(2)6-8-5(7)4-10-6/h4H,3H2,1-2H3/i1D3,2D3,3D2. The lowest BCUT2D eigenvalue weighted by atomic mass is 10.7. The molecule has 1 aromatic heterocycles. The van der Waals surface area contributed by atoms with E-state index in [-0.39, 0.29) is 10.0 Å². The molecule has 0 spiro atoms. The molecule has 0 amide bonds. The van der Waals surface area contributed by atoms with Crippen molar-refractivity contribution >= 4 is 32.4 Å². The average molecular weight is 229 g/mol. The van der Waals surface area contributed by atoms with Gasteiger partial charge in [0.1, 0.15) is 4.60 Å².